The van der Waals surface area contributed by atoms with Crippen LogP contribution in [0.1, 0.15) is 12.8 Å². The number of hydrogen-bond donors (Lipinski definition) is 0. The van der Waals surface area contributed by atoms with Crippen molar-refractivity contribution in [3.05, 3.63) is 59.9 Å². The Hall–Kier alpha value is -2.59. The van der Waals surface area contributed by atoms with Gasteiger partial charge in [0.2, 0.25) is 15.9 Å². The van der Waals surface area contributed by atoms with Gasteiger partial charge >= 0.3 is 0 Å². The number of carbonyl (C=O) groups excluding carboxylic acids is 1. The lowest BCUT2D eigenvalue weighted by molar-refractivity contribution is -0.137. The third kappa shape index (κ3) is 4.47. The molecule has 0 bridgehead atoms. The maximum absolute atomic E-state index is 14.0. The maximum atomic E-state index is 14.0. The molecule has 2 fully saturated rings. The highest BCUT2D eigenvalue weighted by Gasteiger charge is 2.35. The van der Waals surface area contributed by atoms with Gasteiger partial charge in [0, 0.05) is 45.2 Å². The van der Waals surface area contributed by atoms with E-state index in [2.05, 4.69) is 0 Å². The van der Waals surface area contributed by atoms with E-state index in [0.717, 1.165) is 12.1 Å². The molecule has 0 spiro atoms. The number of carbonyl (C=O) groups is 1. The van der Waals surface area contributed by atoms with Crippen molar-refractivity contribution in [1.29, 1.82) is 0 Å². The highest BCUT2D eigenvalue weighted by Crippen LogP contribution is 2.27. The number of benzene rings is 2. The summed E-state index contributed by atoms with van der Waals surface area (Å²) < 4.78 is 67.3. The number of para-hydroxylation sites is 1. The van der Waals surface area contributed by atoms with Crippen molar-refractivity contribution in [3.63, 3.8) is 0 Å². The number of anilines is 1. The SMILES string of the molecule is O=C(C1CCN(S(=O)(=O)c2ccc(F)c(F)c2)CC1)N1CCN(c2ccccc2F)CC1. The topological polar surface area (TPSA) is 60.9 Å². The summed E-state index contributed by atoms with van der Waals surface area (Å²) in [5.74, 6) is -2.94. The molecule has 6 nitrogen and oxygen atoms in total. The van der Waals surface area contributed by atoms with Gasteiger partial charge in [-0.05, 0) is 43.2 Å². The minimum Gasteiger partial charge on any atom is -0.366 e. The van der Waals surface area contributed by atoms with Crippen molar-refractivity contribution in [1.82, 2.24) is 9.21 Å². The van der Waals surface area contributed by atoms with Crippen LogP contribution in [-0.4, -0.2) is 62.8 Å². The molecule has 0 aromatic heterocycles. The van der Waals surface area contributed by atoms with Gasteiger partial charge in [-0.3, -0.25) is 4.79 Å². The smallest absolute Gasteiger partial charge is 0.243 e. The molecule has 0 atom stereocenters. The number of piperazine rings is 1. The van der Waals surface area contributed by atoms with Crippen LogP contribution < -0.4 is 4.90 Å². The van der Waals surface area contributed by atoms with E-state index in [4.69, 9.17) is 0 Å². The van der Waals surface area contributed by atoms with Crippen molar-refractivity contribution >= 4 is 21.6 Å². The van der Waals surface area contributed by atoms with Crippen LogP contribution >= 0.6 is 0 Å². The van der Waals surface area contributed by atoms with Crippen molar-refractivity contribution < 1.29 is 26.4 Å². The van der Waals surface area contributed by atoms with Gasteiger partial charge in [-0.25, -0.2) is 21.6 Å². The van der Waals surface area contributed by atoms with Gasteiger partial charge in [0.1, 0.15) is 5.82 Å². The second-order valence-corrected chi connectivity index (χ2v) is 9.96. The van der Waals surface area contributed by atoms with Crippen LogP contribution in [0, 0.1) is 23.4 Å². The summed E-state index contributed by atoms with van der Waals surface area (Å²) in [6.45, 7) is 2.26. The molecule has 2 aliphatic rings. The predicted octanol–water partition coefficient (Wildman–Crippen LogP) is 2.85. The van der Waals surface area contributed by atoms with Gasteiger partial charge in [0.15, 0.2) is 11.6 Å². The molecule has 4 rings (SSSR count). The highest BCUT2D eigenvalue weighted by molar-refractivity contribution is 7.89. The molecule has 2 aromatic rings. The average molecular weight is 468 g/mol. The fourth-order valence-corrected chi connectivity index (χ4v) is 5.75. The molecular formula is C22H24F3N3O3S. The molecule has 0 radical (unpaired) electrons. The van der Waals surface area contributed by atoms with E-state index < -0.39 is 21.7 Å². The Labute approximate surface area is 185 Å². The Bertz CT molecular complexity index is 1100. The molecule has 0 saturated carbocycles. The number of nitrogens with zero attached hydrogens (tertiary/aromatic N) is 3. The molecule has 0 N–H and O–H groups in total. The van der Waals surface area contributed by atoms with Crippen LogP contribution in [0.2, 0.25) is 0 Å². The van der Waals surface area contributed by atoms with Crippen molar-refractivity contribution in [2.24, 2.45) is 5.92 Å². The van der Waals surface area contributed by atoms with E-state index in [1.165, 1.54) is 10.4 Å². The molecular weight excluding hydrogens is 443 g/mol. The summed E-state index contributed by atoms with van der Waals surface area (Å²) in [5, 5.41) is 0. The minimum atomic E-state index is -3.96. The summed E-state index contributed by atoms with van der Waals surface area (Å²) >= 11 is 0. The van der Waals surface area contributed by atoms with Crippen LogP contribution in [0.15, 0.2) is 47.4 Å². The number of sulfonamides is 1. The molecule has 32 heavy (non-hydrogen) atoms. The zero-order valence-corrected chi connectivity index (χ0v) is 18.2. The lowest BCUT2D eigenvalue weighted by Gasteiger charge is -2.39. The highest BCUT2D eigenvalue weighted by atomic mass is 32.2. The summed E-state index contributed by atoms with van der Waals surface area (Å²) in [7, 11) is -3.96. The van der Waals surface area contributed by atoms with Crippen molar-refractivity contribution in [2.45, 2.75) is 17.7 Å². The zero-order valence-electron chi connectivity index (χ0n) is 17.4. The number of halogens is 3. The fourth-order valence-electron chi connectivity index (χ4n) is 4.26. The van der Waals surface area contributed by atoms with Gasteiger partial charge in [0.05, 0.1) is 10.6 Å². The lowest BCUT2D eigenvalue weighted by atomic mass is 9.96. The second-order valence-electron chi connectivity index (χ2n) is 8.02. The summed E-state index contributed by atoms with van der Waals surface area (Å²) in [4.78, 5) is 16.3. The van der Waals surface area contributed by atoms with Gasteiger partial charge in [0.25, 0.3) is 0 Å². The van der Waals surface area contributed by atoms with Gasteiger partial charge in [-0.2, -0.15) is 4.31 Å². The van der Waals surface area contributed by atoms with E-state index in [1.807, 2.05) is 4.90 Å². The Balaban J connectivity index is 1.33. The monoisotopic (exact) mass is 467 g/mol. The molecule has 172 valence electrons. The first-order chi connectivity index (χ1) is 15.3. The molecule has 0 aliphatic carbocycles. The Kier molecular flexibility index (Phi) is 6.43. The third-order valence-corrected chi connectivity index (χ3v) is 8.01. The summed E-state index contributed by atoms with van der Waals surface area (Å²) in [6.07, 6.45) is 0.713. The number of piperidine rings is 1. The molecule has 10 heteroatoms. The summed E-state index contributed by atoms with van der Waals surface area (Å²) in [6, 6.07) is 9.05. The minimum absolute atomic E-state index is 0.0249. The first-order valence-corrected chi connectivity index (χ1v) is 11.9. The number of hydrogen-bond acceptors (Lipinski definition) is 4. The van der Waals surface area contributed by atoms with Crippen molar-refractivity contribution in [2.75, 3.05) is 44.2 Å². The standard InChI is InChI=1S/C22H24F3N3O3S/c23-18-6-5-17(15-20(18)25)32(30,31)28-9-7-16(8-10-28)22(29)27-13-11-26(12-14-27)21-4-2-1-3-19(21)24/h1-6,15-16H,7-14H2. The van der Waals surface area contributed by atoms with Crippen LogP contribution in [0.5, 0.6) is 0 Å². The average Bonchev–Trinajstić information content (AvgIpc) is 2.81. The van der Waals surface area contributed by atoms with Crippen molar-refractivity contribution in [3.8, 4) is 0 Å². The quantitative estimate of drug-likeness (QED) is 0.694. The van der Waals surface area contributed by atoms with Crippen LogP contribution in [0.4, 0.5) is 18.9 Å². The number of amides is 1. The molecule has 2 heterocycles. The van der Waals surface area contributed by atoms with E-state index in [1.54, 1.807) is 23.1 Å². The van der Waals surface area contributed by atoms with E-state index in [0.29, 0.717) is 50.8 Å². The third-order valence-electron chi connectivity index (χ3n) is 6.12. The van der Waals surface area contributed by atoms with E-state index >= 15 is 0 Å². The Morgan fingerprint density at radius 3 is 2.09 bits per heavy atom. The molecule has 2 aliphatic heterocycles. The summed E-state index contributed by atoms with van der Waals surface area (Å²) in [5.41, 5.74) is 0.523. The lowest BCUT2D eigenvalue weighted by Crippen LogP contribution is -2.52. The normalized spacial score (nSPS) is 18.7. The van der Waals surface area contributed by atoms with Crippen LogP contribution in [-0.2, 0) is 14.8 Å². The molecule has 2 aromatic carbocycles. The fraction of sp³-hybridized carbons (Fsp3) is 0.409. The molecule has 0 unspecified atom stereocenters. The second kappa shape index (κ2) is 9.11. The molecule has 2 saturated heterocycles. The number of rotatable bonds is 4. The Morgan fingerprint density at radius 1 is 0.812 bits per heavy atom. The maximum Gasteiger partial charge on any atom is 0.243 e. The first kappa shape index (κ1) is 22.6. The largest absolute Gasteiger partial charge is 0.366 e. The molecule has 1 amide bonds. The van der Waals surface area contributed by atoms with Gasteiger partial charge in [-0.15, -0.1) is 0 Å². The van der Waals surface area contributed by atoms with Gasteiger partial charge in [-0.1, -0.05) is 12.1 Å². The van der Waals surface area contributed by atoms with Crippen LogP contribution in [0.3, 0.4) is 0 Å². The first-order valence-electron chi connectivity index (χ1n) is 10.5. The predicted molar refractivity (Wildman–Crippen MR) is 113 cm³/mol. The Morgan fingerprint density at radius 2 is 1.47 bits per heavy atom. The van der Waals surface area contributed by atoms with Gasteiger partial charge < -0.3 is 9.80 Å². The van der Waals surface area contributed by atoms with E-state index in [9.17, 15) is 26.4 Å². The zero-order chi connectivity index (χ0) is 22.9. The van der Waals surface area contributed by atoms with Crippen LogP contribution in [0.25, 0.3) is 0 Å². The van der Waals surface area contributed by atoms with E-state index in [-0.39, 0.29) is 35.6 Å².